The fraction of sp³-hybridized carbons (Fsp3) is 0.224. The third kappa shape index (κ3) is 8.03. The minimum atomic E-state index is 0.152. The summed E-state index contributed by atoms with van der Waals surface area (Å²) in [5.41, 5.74) is 19.4. The van der Waals surface area contributed by atoms with Crippen LogP contribution in [0.5, 0.6) is 0 Å². The largest absolute Gasteiger partial charge is 0.0842 e. The van der Waals surface area contributed by atoms with Crippen molar-refractivity contribution in [3.05, 3.63) is 173 Å². The molecule has 0 aliphatic heterocycles. The maximum atomic E-state index is 2.45. The van der Waals surface area contributed by atoms with Gasteiger partial charge < -0.3 is 0 Å². The number of rotatable bonds is 5. The molecule has 0 heteroatoms. The lowest BCUT2D eigenvalue weighted by molar-refractivity contribution is 0.486. The van der Waals surface area contributed by atoms with Crippen molar-refractivity contribution in [1.82, 2.24) is 0 Å². The van der Waals surface area contributed by atoms with Crippen molar-refractivity contribution in [3.8, 4) is 44.5 Å². The van der Waals surface area contributed by atoms with Gasteiger partial charge >= 0.3 is 0 Å². The number of benzene rings is 5. The van der Waals surface area contributed by atoms with Gasteiger partial charge in [0, 0.05) is 0 Å². The van der Waals surface area contributed by atoms with Gasteiger partial charge in [-0.2, -0.15) is 0 Å². The molecule has 5 aromatic carbocycles. The first-order valence-electron chi connectivity index (χ1n) is 17.8. The molecule has 0 unspecified atom stereocenters. The zero-order chi connectivity index (χ0) is 34.5. The van der Waals surface area contributed by atoms with Crippen molar-refractivity contribution in [2.75, 3.05) is 0 Å². The van der Waals surface area contributed by atoms with E-state index in [0.717, 1.165) is 6.42 Å². The Morgan fingerprint density at radius 3 is 1.35 bits per heavy atom. The quantitative estimate of drug-likeness (QED) is 0.180. The molecule has 0 saturated carbocycles. The summed E-state index contributed by atoms with van der Waals surface area (Å²) in [4.78, 5) is 0. The van der Waals surface area contributed by atoms with Crippen LogP contribution < -0.4 is 0 Å². The Labute approximate surface area is 295 Å². The molecule has 5 aromatic rings. The SMILES string of the molecule is CC1=CC=CCC1.Cc1ccc(-c2cc(-c3ccc(C)cc3)c(-c3ccc(C)cc3)c(-c3ccc(C)cc3)c2C2=CCC(C)(C)C=C2)cc1. The standard InChI is InChI=1S/C42H40.C7H10/c1-28-7-15-32(16-8-28)37-27-38(33-17-9-29(2)10-18-33)40(36-23-25-42(5,6)26-24-36)41(35-21-13-31(4)14-22-35)39(37)34-19-11-30(3)12-20-34;1-7-5-3-2-4-6-7/h7-25,27H,26H2,1-6H3;2-3,5H,4,6H2,1H3. The lowest BCUT2D eigenvalue weighted by Crippen LogP contribution is -2.10. The summed E-state index contributed by atoms with van der Waals surface area (Å²) >= 11 is 0. The van der Waals surface area contributed by atoms with Gasteiger partial charge in [0.25, 0.3) is 0 Å². The van der Waals surface area contributed by atoms with Crippen molar-refractivity contribution >= 4 is 5.57 Å². The summed E-state index contributed by atoms with van der Waals surface area (Å²) in [7, 11) is 0. The van der Waals surface area contributed by atoms with Crippen LogP contribution in [-0.2, 0) is 0 Å². The summed E-state index contributed by atoms with van der Waals surface area (Å²) in [6, 6.07) is 38.7. The predicted molar refractivity (Wildman–Crippen MR) is 215 cm³/mol. The number of allylic oxidation sites excluding steroid dienone is 8. The first-order valence-corrected chi connectivity index (χ1v) is 17.8. The highest BCUT2D eigenvalue weighted by Crippen LogP contribution is 2.50. The summed E-state index contributed by atoms with van der Waals surface area (Å²) in [6.07, 6.45) is 17.2. The zero-order valence-corrected chi connectivity index (χ0v) is 30.4. The minimum Gasteiger partial charge on any atom is -0.0842 e. The molecule has 2 aliphatic carbocycles. The highest BCUT2D eigenvalue weighted by molar-refractivity contribution is 6.06. The first-order chi connectivity index (χ1) is 23.6. The van der Waals surface area contributed by atoms with E-state index in [0.29, 0.717) is 0 Å². The van der Waals surface area contributed by atoms with E-state index in [1.54, 1.807) is 0 Å². The van der Waals surface area contributed by atoms with Crippen LogP contribution in [0, 0.1) is 33.1 Å². The van der Waals surface area contributed by atoms with Gasteiger partial charge in [0.05, 0.1) is 0 Å². The van der Waals surface area contributed by atoms with Crippen LogP contribution in [-0.4, -0.2) is 0 Å². The summed E-state index contributed by atoms with van der Waals surface area (Å²) in [6.45, 7) is 15.5. The topological polar surface area (TPSA) is 0 Å². The molecule has 0 N–H and O–H groups in total. The maximum Gasteiger partial charge on any atom is -0.00144 e. The molecule has 2 aliphatic rings. The molecular formula is C49H50. The highest BCUT2D eigenvalue weighted by Gasteiger charge is 2.26. The smallest absolute Gasteiger partial charge is 0.00144 e. The molecule has 0 amide bonds. The van der Waals surface area contributed by atoms with Gasteiger partial charge in [0.2, 0.25) is 0 Å². The lowest BCUT2D eigenvalue weighted by Gasteiger charge is -2.28. The minimum absolute atomic E-state index is 0.152. The van der Waals surface area contributed by atoms with Gasteiger partial charge in [-0.05, 0) is 121 Å². The Bertz CT molecular complexity index is 2040. The third-order valence-electron chi connectivity index (χ3n) is 9.81. The molecule has 0 spiro atoms. The summed E-state index contributed by atoms with van der Waals surface area (Å²) in [5.74, 6) is 0. The molecule has 0 bridgehead atoms. The fourth-order valence-corrected chi connectivity index (χ4v) is 6.67. The Balaban J connectivity index is 0.000000531. The second-order valence-electron chi connectivity index (χ2n) is 14.7. The second kappa shape index (κ2) is 14.7. The molecule has 0 heterocycles. The van der Waals surface area contributed by atoms with E-state index in [1.807, 2.05) is 0 Å². The average molecular weight is 639 g/mol. The van der Waals surface area contributed by atoms with Gasteiger partial charge in [-0.1, -0.05) is 175 Å². The molecule has 7 rings (SSSR count). The van der Waals surface area contributed by atoms with E-state index >= 15 is 0 Å². The van der Waals surface area contributed by atoms with Gasteiger partial charge in [0.1, 0.15) is 0 Å². The van der Waals surface area contributed by atoms with E-state index in [4.69, 9.17) is 0 Å². The van der Waals surface area contributed by atoms with Crippen molar-refractivity contribution in [1.29, 1.82) is 0 Å². The molecule has 246 valence electrons. The number of aryl methyl sites for hydroxylation is 4. The second-order valence-corrected chi connectivity index (χ2v) is 14.7. The van der Waals surface area contributed by atoms with E-state index in [-0.39, 0.29) is 5.41 Å². The monoisotopic (exact) mass is 638 g/mol. The van der Waals surface area contributed by atoms with Gasteiger partial charge in [-0.3, -0.25) is 0 Å². The Morgan fingerprint density at radius 1 is 0.510 bits per heavy atom. The van der Waals surface area contributed by atoms with Crippen LogP contribution in [0.4, 0.5) is 0 Å². The van der Waals surface area contributed by atoms with E-state index in [9.17, 15) is 0 Å². The van der Waals surface area contributed by atoms with E-state index in [2.05, 4.69) is 188 Å². The molecule has 0 atom stereocenters. The highest BCUT2D eigenvalue weighted by atomic mass is 14.3. The van der Waals surface area contributed by atoms with Gasteiger partial charge in [-0.25, -0.2) is 0 Å². The van der Waals surface area contributed by atoms with E-state index in [1.165, 1.54) is 96.3 Å². The molecule has 0 fully saturated rings. The van der Waals surface area contributed by atoms with E-state index < -0.39 is 0 Å². The predicted octanol–water partition coefficient (Wildman–Crippen LogP) is 14.2. The lowest BCUT2D eigenvalue weighted by atomic mass is 9.76. The molecular weight excluding hydrogens is 589 g/mol. The molecule has 0 radical (unpaired) electrons. The molecule has 0 nitrogen and oxygen atoms in total. The first kappa shape index (κ1) is 33.9. The summed E-state index contributed by atoms with van der Waals surface area (Å²) < 4.78 is 0. The van der Waals surface area contributed by atoms with Crippen LogP contribution in [0.15, 0.2) is 145 Å². The van der Waals surface area contributed by atoms with Crippen LogP contribution >= 0.6 is 0 Å². The zero-order valence-electron chi connectivity index (χ0n) is 30.4. The van der Waals surface area contributed by atoms with Crippen molar-refractivity contribution in [2.45, 2.75) is 67.7 Å². The van der Waals surface area contributed by atoms with Crippen LogP contribution in [0.3, 0.4) is 0 Å². The maximum absolute atomic E-state index is 2.45. The fourth-order valence-electron chi connectivity index (χ4n) is 6.67. The Kier molecular flexibility index (Phi) is 10.2. The number of hydrogen-bond donors (Lipinski definition) is 0. The third-order valence-corrected chi connectivity index (χ3v) is 9.81. The normalized spacial score (nSPS) is 14.8. The van der Waals surface area contributed by atoms with Crippen LogP contribution in [0.1, 0.15) is 67.9 Å². The Hall–Kier alpha value is -4.94. The Morgan fingerprint density at radius 2 is 0.959 bits per heavy atom. The van der Waals surface area contributed by atoms with Crippen molar-refractivity contribution in [2.24, 2.45) is 5.41 Å². The molecule has 0 aromatic heterocycles. The number of hydrogen-bond acceptors (Lipinski definition) is 0. The van der Waals surface area contributed by atoms with Crippen LogP contribution in [0.2, 0.25) is 0 Å². The molecule has 0 saturated heterocycles. The summed E-state index contributed by atoms with van der Waals surface area (Å²) in [5, 5.41) is 0. The average Bonchev–Trinajstić information content (AvgIpc) is 3.10. The van der Waals surface area contributed by atoms with Crippen LogP contribution in [0.25, 0.3) is 50.1 Å². The molecule has 49 heavy (non-hydrogen) atoms. The van der Waals surface area contributed by atoms with Gasteiger partial charge in [-0.15, -0.1) is 0 Å². The van der Waals surface area contributed by atoms with Gasteiger partial charge in [0.15, 0.2) is 0 Å². The van der Waals surface area contributed by atoms with Crippen molar-refractivity contribution < 1.29 is 0 Å². The van der Waals surface area contributed by atoms with Crippen molar-refractivity contribution in [3.63, 3.8) is 0 Å².